The lowest BCUT2D eigenvalue weighted by atomic mass is 10.1. The fraction of sp³-hybridized carbons (Fsp3) is 0.0833. The highest BCUT2D eigenvalue weighted by atomic mass is 79.9. The number of ketones is 1. The standard InChI is InChI=1S/C12H9BrOS/c1-8-4-5-10(13)9(7-8)12(14)11-3-2-6-15-11/h2-7H,1H3. The van der Waals surface area contributed by atoms with Crippen molar-refractivity contribution in [3.63, 3.8) is 0 Å². The number of thiophene rings is 1. The van der Waals surface area contributed by atoms with Crippen LogP contribution in [0.25, 0.3) is 0 Å². The van der Waals surface area contributed by atoms with Crippen molar-refractivity contribution in [1.29, 1.82) is 0 Å². The molecule has 1 aromatic heterocycles. The van der Waals surface area contributed by atoms with Gasteiger partial charge in [0.1, 0.15) is 0 Å². The monoisotopic (exact) mass is 280 g/mol. The Kier molecular flexibility index (Phi) is 3.03. The van der Waals surface area contributed by atoms with E-state index in [4.69, 9.17) is 0 Å². The molecule has 0 saturated carbocycles. The van der Waals surface area contributed by atoms with Crippen molar-refractivity contribution in [2.24, 2.45) is 0 Å². The molecule has 3 heteroatoms. The summed E-state index contributed by atoms with van der Waals surface area (Å²) in [6.45, 7) is 1.98. The van der Waals surface area contributed by atoms with E-state index >= 15 is 0 Å². The van der Waals surface area contributed by atoms with Crippen molar-refractivity contribution >= 4 is 33.0 Å². The smallest absolute Gasteiger partial charge is 0.204 e. The summed E-state index contributed by atoms with van der Waals surface area (Å²) in [5, 5.41) is 1.91. The minimum atomic E-state index is 0.0839. The molecular weight excluding hydrogens is 272 g/mol. The average Bonchev–Trinajstić information content (AvgIpc) is 2.74. The minimum Gasteiger partial charge on any atom is -0.288 e. The van der Waals surface area contributed by atoms with Crippen LogP contribution in [0.1, 0.15) is 20.8 Å². The van der Waals surface area contributed by atoms with Crippen LogP contribution in [-0.2, 0) is 0 Å². The first-order valence-electron chi connectivity index (χ1n) is 4.53. The summed E-state index contributed by atoms with van der Waals surface area (Å²) >= 11 is 4.87. The van der Waals surface area contributed by atoms with Crippen LogP contribution in [-0.4, -0.2) is 5.78 Å². The molecule has 76 valence electrons. The zero-order valence-corrected chi connectivity index (χ0v) is 10.6. The van der Waals surface area contributed by atoms with E-state index < -0.39 is 0 Å². The van der Waals surface area contributed by atoms with Gasteiger partial charge in [-0.3, -0.25) is 4.79 Å². The van der Waals surface area contributed by atoms with Crippen molar-refractivity contribution in [2.45, 2.75) is 6.92 Å². The molecule has 0 fully saturated rings. The maximum absolute atomic E-state index is 12.1. The molecule has 0 unspecified atom stereocenters. The third-order valence-corrected chi connectivity index (χ3v) is 3.67. The molecule has 15 heavy (non-hydrogen) atoms. The Hall–Kier alpha value is -0.930. The molecule has 1 heterocycles. The molecule has 0 amide bonds. The van der Waals surface area contributed by atoms with E-state index in [1.165, 1.54) is 11.3 Å². The average molecular weight is 281 g/mol. The quantitative estimate of drug-likeness (QED) is 0.759. The first-order valence-corrected chi connectivity index (χ1v) is 6.20. The summed E-state index contributed by atoms with van der Waals surface area (Å²) in [6, 6.07) is 9.54. The summed E-state index contributed by atoms with van der Waals surface area (Å²) in [4.78, 5) is 12.8. The zero-order valence-electron chi connectivity index (χ0n) is 8.16. The van der Waals surface area contributed by atoms with Gasteiger partial charge in [0.15, 0.2) is 0 Å². The van der Waals surface area contributed by atoms with Crippen LogP contribution in [0.3, 0.4) is 0 Å². The maximum Gasteiger partial charge on any atom is 0.204 e. The Balaban J connectivity index is 2.46. The van der Waals surface area contributed by atoms with Crippen LogP contribution in [0.5, 0.6) is 0 Å². The number of hydrogen-bond donors (Lipinski definition) is 0. The lowest BCUT2D eigenvalue weighted by Crippen LogP contribution is -2.00. The summed E-state index contributed by atoms with van der Waals surface area (Å²) in [6.07, 6.45) is 0. The number of aryl methyl sites for hydroxylation is 1. The Morgan fingerprint density at radius 1 is 1.33 bits per heavy atom. The SMILES string of the molecule is Cc1ccc(Br)c(C(=O)c2cccs2)c1. The van der Waals surface area contributed by atoms with Gasteiger partial charge in [-0.05, 0) is 30.5 Å². The van der Waals surface area contributed by atoms with E-state index in [0.29, 0.717) is 0 Å². The third kappa shape index (κ3) is 2.19. The number of rotatable bonds is 2. The van der Waals surface area contributed by atoms with Crippen LogP contribution < -0.4 is 0 Å². The van der Waals surface area contributed by atoms with Crippen molar-refractivity contribution in [3.05, 3.63) is 56.2 Å². The first kappa shape index (κ1) is 10.6. The Morgan fingerprint density at radius 2 is 2.13 bits per heavy atom. The van der Waals surface area contributed by atoms with E-state index in [0.717, 1.165) is 20.5 Å². The highest BCUT2D eigenvalue weighted by molar-refractivity contribution is 9.10. The van der Waals surface area contributed by atoms with Gasteiger partial charge < -0.3 is 0 Å². The summed E-state index contributed by atoms with van der Waals surface area (Å²) in [5.74, 6) is 0.0839. The van der Waals surface area contributed by atoms with Crippen molar-refractivity contribution in [1.82, 2.24) is 0 Å². The van der Waals surface area contributed by atoms with Crippen molar-refractivity contribution < 1.29 is 4.79 Å². The second-order valence-corrected chi connectivity index (χ2v) is 5.09. The molecular formula is C12H9BrOS. The van der Waals surface area contributed by atoms with E-state index in [1.807, 2.05) is 42.6 Å². The van der Waals surface area contributed by atoms with Gasteiger partial charge in [0, 0.05) is 10.0 Å². The van der Waals surface area contributed by atoms with Gasteiger partial charge in [-0.2, -0.15) is 0 Å². The van der Waals surface area contributed by atoms with Gasteiger partial charge in [-0.25, -0.2) is 0 Å². The number of hydrogen-bond acceptors (Lipinski definition) is 2. The second kappa shape index (κ2) is 4.29. The normalized spacial score (nSPS) is 10.3. The van der Waals surface area contributed by atoms with E-state index in [2.05, 4.69) is 15.9 Å². The number of halogens is 1. The third-order valence-electron chi connectivity index (χ3n) is 2.11. The van der Waals surface area contributed by atoms with Crippen LogP contribution in [0, 0.1) is 6.92 Å². The Morgan fingerprint density at radius 3 is 2.80 bits per heavy atom. The molecule has 2 rings (SSSR count). The predicted molar refractivity (Wildman–Crippen MR) is 66.6 cm³/mol. The fourth-order valence-corrected chi connectivity index (χ4v) is 2.46. The molecule has 0 atom stereocenters. The van der Waals surface area contributed by atoms with Crippen LogP contribution in [0.4, 0.5) is 0 Å². The summed E-state index contributed by atoms with van der Waals surface area (Å²) in [7, 11) is 0. The molecule has 0 saturated heterocycles. The van der Waals surface area contributed by atoms with E-state index in [9.17, 15) is 4.79 Å². The van der Waals surface area contributed by atoms with Gasteiger partial charge in [-0.15, -0.1) is 11.3 Å². The molecule has 0 radical (unpaired) electrons. The van der Waals surface area contributed by atoms with Gasteiger partial charge in [0.25, 0.3) is 0 Å². The molecule has 1 nitrogen and oxygen atoms in total. The van der Waals surface area contributed by atoms with E-state index in [-0.39, 0.29) is 5.78 Å². The number of benzene rings is 1. The van der Waals surface area contributed by atoms with Gasteiger partial charge in [0.2, 0.25) is 5.78 Å². The lowest BCUT2D eigenvalue weighted by Gasteiger charge is -2.02. The largest absolute Gasteiger partial charge is 0.288 e. The highest BCUT2D eigenvalue weighted by Crippen LogP contribution is 2.23. The molecule has 0 N–H and O–H groups in total. The predicted octanol–water partition coefficient (Wildman–Crippen LogP) is 4.05. The van der Waals surface area contributed by atoms with Crippen LogP contribution in [0.15, 0.2) is 40.2 Å². The Bertz CT molecular complexity index is 488. The van der Waals surface area contributed by atoms with Crippen LogP contribution >= 0.6 is 27.3 Å². The maximum atomic E-state index is 12.1. The number of carbonyl (C=O) groups is 1. The minimum absolute atomic E-state index is 0.0839. The number of carbonyl (C=O) groups excluding carboxylic acids is 1. The molecule has 0 bridgehead atoms. The molecule has 1 aromatic carbocycles. The fourth-order valence-electron chi connectivity index (χ4n) is 1.35. The van der Waals surface area contributed by atoms with Crippen molar-refractivity contribution in [2.75, 3.05) is 0 Å². The molecule has 0 aliphatic rings. The first-order chi connectivity index (χ1) is 7.18. The van der Waals surface area contributed by atoms with Gasteiger partial charge >= 0.3 is 0 Å². The molecule has 2 aromatic rings. The molecule has 0 aliphatic heterocycles. The van der Waals surface area contributed by atoms with Crippen LogP contribution in [0.2, 0.25) is 0 Å². The van der Waals surface area contributed by atoms with E-state index in [1.54, 1.807) is 0 Å². The van der Waals surface area contributed by atoms with Gasteiger partial charge in [-0.1, -0.05) is 33.6 Å². The van der Waals surface area contributed by atoms with Gasteiger partial charge in [0.05, 0.1) is 4.88 Å². The lowest BCUT2D eigenvalue weighted by molar-refractivity contribution is 0.104. The van der Waals surface area contributed by atoms with Crippen molar-refractivity contribution in [3.8, 4) is 0 Å². The highest BCUT2D eigenvalue weighted by Gasteiger charge is 2.13. The Labute approximate surface area is 101 Å². The molecule has 0 aliphatic carbocycles. The summed E-state index contributed by atoms with van der Waals surface area (Å²) in [5.41, 5.74) is 1.83. The molecule has 0 spiro atoms. The zero-order chi connectivity index (χ0) is 10.8. The second-order valence-electron chi connectivity index (χ2n) is 3.29. The topological polar surface area (TPSA) is 17.1 Å². The summed E-state index contributed by atoms with van der Waals surface area (Å²) < 4.78 is 0.853.